The van der Waals surface area contributed by atoms with Gasteiger partial charge >= 0.3 is 0 Å². The second-order valence-corrected chi connectivity index (χ2v) is 10.5. The monoisotopic (exact) mass is 496 g/mol. The van der Waals surface area contributed by atoms with Crippen molar-refractivity contribution in [3.8, 4) is 11.5 Å². The summed E-state index contributed by atoms with van der Waals surface area (Å²) in [5, 5.41) is 0. The summed E-state index contributed by atoms with van der Waals surface area (Å²) in [5.41, 5.74) is 0.812. The molecule has 4 rings (SSSR count). The number of ether oxygens (including phenoxy) is 1. The number of sulfonamides is 2. The average Bonchev–Trinajstić information content (AvgIpc) is 2.80. The lowest BCUT2D eigenvalue weighted by molar-refractivity contribution is 0.482. The topological polar surface area (TPSA) is 127 Å². The molecule has 0 atom stereocenters. The van der Waals surface area contributed by atoms with Crippen LogP contribution in [-0.4, -0.2) is 26.8 Å². The molecule has 11 heteroatoms. The molecule has 0 unspecified atom stereocenters. The lowest BCUT2D eigenvalue weighted by Gasteiger charge is -2.11. The summed E-state index contributed by atoms with van der Waals surface area (Å²) < 4.78 is 61.0. The minimum atomic E-state index is -3.94. The Kier molecular flexibility index (Phi) is 6.48. The number of nitrogens with one attached hydrogen (secondary N) is 2. The van der Waals surface area contributed by atoms with Crippen molar-refractivity contribution in [1.82, 2.24) is 9.97 Å². The van der Waals surface area contributed by atoms with E-state index in [4.69, 9.17) is 4.74 Å². The van der Waals surface area contributed by atoms with Crippen LogP contribution < -0.4 is 14.2 Å². The minimum absolute atomic E-state index is 0.0304. The van der Waals surface area contributed by atoms with Gasteiger partial charge in [0.25, 0.3) is 20.0 Å². The first-order valence-corrected chi connectivity index (χ1v) is 13.0. The van der Waals surface area contributed by atoms with Gasteiger partial charge < -0.3 is 4.74 Å². The van der Waals surface area contributed by atoms with Gasteiger partial charge in [0.2, 0.25) is 5.95 Å². The number of benzene rings is 3. The van der Waals surface area contributed by atoms with Crippen LogP contribution in [0.25, 0.3) is 0 Å². The Hall–Kier alpha value is -3.96. The molecular formula is C23H20N4O5S2. The molecule has 4 aromatic rings. The summed E-state index contributed by atoms with van der Waals surface area (Å²) in [6.45, 7) is 1.71. The Bertz CT molecular complexity index is 1490. The Labute approximate surface area is 197 Å². The van der Waals surface area contributed by atoms with Crippen LogP contribution >= 0.6 is 0 Å². The van der Waals surface area contributed by atoms with Crippen LogP contribution in [0, 0.1) is 6.92 Å². The number of nitrogens with zero attached hydrogens (tertiary/aromatic N) is 2. The summed E-state index contributed by atoms with van der Waals surface area (Å²) in [7, 11) is -7.83. The molecule has 0 aliphatic rings. The van der Waals surface area contributed by atoms with Crippen LogP contribution in [0.4, 0.5) is 11.6 Å². The highest BCUT2D eigenvalue weighted by Crippen LogP contribution is 2.24. The lowest BCUT2D eigenvalue weighted by atomic mass is 10.3. The molecular weight excluding hydrogens is 476 g/mol. The molecule has 174 valence electrons. The van der Waals surface area contributed by atoms with Gasteiger partial charge in [-0.1, -0.05) is 18.2 Å². The summed E-state index contributed by atoms with van der Waals surface area (Å²) in [6.07, 6.45) is 1.44. The van der Waals surface area contributed by atoms with Gasteiger partial charge in [0.1, 0.15) is 11.5 Å². The van der Waals surface area contributed by atoms with E-state index in [1.54, 1.807) is 37.3 Å². The van der Waals surface area contributed by atoms with Crippen molar-refractivity contribution in [2.45, 2.75) is 16.7 Å². The van der Waals surface area contributed by atoms with Crippen LogP contribution in [0.5, 0.6) is 11.5 Å². The molecule has 34 heavy (non-hydrogen) atoms. The second kappa shape index (κ2) is 9.49. The van der Waals surface area contributed by atoms with Crippen molar-refractivity contribution in [2.75, 3.05) is 9.44 Å². The van der Waals surface area contributed by atoms with E-state index >= 15 is 0 Å². The highest BCUT2D eigenvalue weighted by atomic mass is 32.2. The van der Waals surface area contributed by atoms with E-state index < -0.39 is 20.0 Å². The predicted molar refractivity (Wildman–Crippen MR) is 128 cm³/mol. The van der Waals surface area contributed by atoms with Crippen molar-refractivity contribution >= 4 is 31.7 Å². The summed E-state index contributed by atoms with van der Waals surface area (Å²) in [5.74, 6) is 1.07. The summed E-state index contributed by atoms with van der Waals surface area (Å²) in [6, 6.07) is 22.0. The SMILES string of the molecule is Cc1ccnc(NS(=O)(=O)c2ccc(NS(=O)(=O)c3ccc(Oc4ccccc4)cc3)cc2)n1. The maximum Gasteiger partial charge on any atom is 0.264 e. The zero-order chi connectivity index (χ0) is 24.2. The highest BCUT2D eigenvalue weighted by molar-refractivity contribution is 7.93. The number of hydrogen-bond acceptors (Lipinski definition) is 7. The standard InChI is InChI=1S/C23H20N4O5S2/c1-17-15-16-24-23(25-17)27-34(30,31)21-11-7-18(8-12-21)26-33(28,29)22-13-9-20(10-14-22)32-19-5-3-2-4-6-19/h2-16,26H,1H3,(H,24,25,27). The van der Waals surface area contributed by atoms with Gasteiger partial charge in [0, 0.05) is 17.6 Å². The van der Waals surface area contributed by atoms with Crippen LogP contribution in [0.1, 0.15) is 5.69 Å². The van der Waals surface area contributed by atoms with E-state index in [0.717, 1.165) is 0 Å². The molecule has 0 saturated heterocycles. The summed E-state index contributed by atoms with van der Waals surface area (Å²) >= 11 is 0. The minimum Gasteiger partial charge on any atom is -0.457 e. The quantitative estimate of drug-likeness (QED) is 0.375. The van der Waals surface area contributed by atoms with Crippen molar-refractivity contribution in [1.29, 1.82) is 0 Å². The fourth-order valence-corrected chi connectivity index (χ4v) is 4.91. The summed E-state index contributed by atoms with van der Waals surface area (Å²) in [4.78, 5) is 7.85. The number of aryl methyl sites for hydroxylation is 1. The molecule has 2 N–H and O–H groups in total. The van der Waals surface area contributed by atoms with E-state index in [1.807, 2.05) is 18.2 Å². The third-order valence-corrected chi connectivity index (χ3v) is 7.29. The average molecular weight is 497 g/mol. The van der Waals surface area contributed by atoms with Crippen LogP contribution in [0.15, 0.2) is 101 Å². The van der Waals surface area contributed by atoms with Gasteiger partial charge in [0.15, 0.2) is 0 Å². The van der Waals surface area contributed by atoms with E-state index in [-0.39, 0.29) is 21.4 Å². The highest BCUT2D eigenvalue weighted by Gasteiger charge is 2.18. The number of anilines is 2. The van der Waals surface area contributed by atoms with E-state index in [1.165, 1.54) is 42.6 Å². The fraction of sp³-hybridized carbons (Fsp3) is 0.0435. The largest absolute Gasteiger partial charge is 0.457 e. The first kappa shape index (κ1) is 23.2. The van der Waals surface area contributed by atoms with Crippen LogP contribution in [0.2, 0.25) is 0 Å². The number of rotatable bonds is 8. The zero-order valence-electron chi connectivity index (χ0n) is 17.9. The van der Waals surface area contributed by atoms with Crippen molar-refractivity contribution in [3.63, 3.8) is 0 Å². The third-order valence-electron chi connectivity index (χ3n) is 4.55. The van der Waals surface area contributed by atoms with Crippen molar-refractivity contribution in [3.05, 3.63) is 96.8 Å². The molecule has 3 aromatic carbocycles. The molecule has 0 radical (unpaired) electrons. The molecule has 0 fully saturated rings. The van der Waals surface area contributed by atoms with Gasteiger partial charge in [-0.05, 0) is 73.7 Å². The number of hydrogen-bond donors (Lipinski definition) is 2. The fourth-order valence-electron chi connectivity index (χ4n) is 2.90. The molecule has 0 spiro atoms. The lowest BCUT2D eigenvalue weighted by Crippen LogP contribution is -2.16. The Balaban J connectivity index is 1.45. The van der Waals surface area contributed by atoms with Gasteiger partial charge in [-0.25, -0.2) is 31.5 Å². The molecule has 1 aromatic heterocycles. The first-order chi connectivity index (χ1) is 16.2. The molecule has 0 bridgehead atoms. The van der Waals surface area contributed by atoms with Crippen LogP contribution in [0.3, 0.4) is 0 Å². The van der Waals surface area contributed by atoms with Gasteiger partial charge in [-0.15, -0.1) is 0 Å². The predicted octanol–water partition coefficient (Wildman–Crippen LogP) is 4.18. The van der Waals surface area contributed by atoms with Gasteiger partial charge in [-0.2, -0.15) is 0 Å². The third kappa shape index (κ3) is 5.69. The van der Waals surface area contributed by atoms with Crippen molar-refractivity contribution < 1.29 is 21.6 Å². The smallest absolute Gasteiger partial charge is 0.264 e. The Morgan fingerprint density at radius 1 is 0.676 bits per heavy atom. The molecule has 1 heterocycles. The molecule has 0 saturated carbocycles. The number of aromatic nitrogens is 2. The zero-order valence-corrected chi connectivity index (χ0v) is 19.5. The Morgan fingerprint density at radius 3 is 1.85 bits per heavy atom. The maximum atomic E-state index is 12.7. The molecule has 0 amide bonds. The molecule has 0 aliphatic carbocycles. The van der Waals surface area contributed by atoms with E-state index in [9.17, 15) is 16.8 Å². The van der Waals surface area contributed by atoms with E-state index in [2.05, 4.69) is 19.4 Å². The normalized spacial score (nSPS) is 11.6. The van der Waals surface area contributed by atoms with Crippen LogP contribution in [-0.2, 0) is 20.0 Å². The second-order valence-electron chi connectivity index (χ2n) is 7.14. The number of para-hydroxylation sites is 1. The van der Waals surface area contributed by atoms with Gasteiger partial charge in [0.05, 0.1) is 9.79 Å². The molecule has 0 aliphatic heterocycles. The van der Waals surface area contributed by atoms with E-state index in [0.29, 0.717) is 17.2 Å². The first-order valence-electron chi connectivity index (χ1n) is 10.00. The Morgan fingerprint density at radius 2 is 1.24 bits per heavy atom. The maximum absolute atomic E-state index is 12.7. The molecule has 9 nitrogen and oxygen atoms in total. The van der Waals surface area contributed by atoms with Crippen molar-refractivity contribution in [2.24, 2.45) is 0 Å². The van der Waals surface area contributed by atoms with Gasteiger partial charge in [-0.3, -0.25) is 4.72 Å².